The first-order chi connectivity index (χ1) is 9.47. The van der Waals surface area contributed by atoms with Crippen molar-refractivity contribution in [3.05, 3.63) is 62.6 Å². The summed E-state index contributed by atoms with van der Waals surface area (Å²) in [6.45, 7) is 2.69. The summed E-state index contributed by atoms with van der Waals surface area (Å²) >= 11 is 9.42. The molecule has 0 saturated heterocycles. The molecule has 0 spiro atoms. The third-order valence-corrected chi connectivity index (χ3v) is 4.15. The Morgan fingerprint density at radius 1 is 1.30 bits per heavy atom. The van der Waals surface area contributed by atoms with Gasteiger partial charge in [-0.05, 0) is 42.3 Å². The Morgan fingerprint density at radius 2 is 2.05 bits per heavy atom. The highest BCUT2D eigenvalue weighted by molar-refractivity contribution is 9.10. The maximum absolute atomic E-state index is 11.2. The molecule has 5 heteroatoms. The van der Waals surface area contributed by atoms with Crippen molar-refractivity contribution >= 4 is 39.1 Å². The van der Waals surface area contributed by atoms with Crippen molar-refractivity contribution in [2.75, 3.05) is 5.32 Å². The number of benzene rings is 2. The minimum atomic E-state index is -0.531. The zero-order valence-electron chi connectivity index (χ0n) is 10.9. The molecule has 3 nitrogen and oxygen atoms in total. The Bertz CT molecular complexity index is 658. The van der Waals surface area contributed by atoms with Gasteiger partial charge in [-0.25, -0.2) is 0 Å². The van der Waals surface area contributed by atoms with Gasteiger partial charge in [0.2, 0.25) is 5.91 Å². The molecule has 0 atom stereocenters. The van der Waals surface area contributed by atoms with Crippen LogP contribution in [0.15, 0.2) is 40.9 Å². The molecule has 0 aliphatic rings. The van der Waals surface area contributed by atoms with Crippen molar-refractivity contribution in [2.24, 2.45) is 5.73 Å². The maximum Gasteiger partial charge on any atom is 0.250 e. The van der Waals surface area contributed by atoms with Gasteiger partial charge in [0.05, 0.1) is 10.6 Å². The van der Waals surface area contributed by atoms with Crippen molar-refractivity contribution in [3.63, 3.8) is 0 Å². The van der Waals surface area contributed by atoms with Crippen LogP contribution >= 0.6 is 27.5 Å². The highest BCUT2D eigenvalue weighted by Gasteiger charge is 2.07. The van der Waals surface area contributed by atoms with Crippen LogP contribution in [0, 0.1) is 6.92 Å². The van der Waals surface area contributed by atoms with Crippen LogP contribution < -0.4 is 11.1 Å². The lowest BCUT2D eigenvalue weighted by molar-refractivity contribution is 0.100. The molecule has 2 aromatic carbocycles. The van der Waals surface area contributed by atoms with Gasteiger partial charge in [0.1, 0.15) is 0 Å². The van der Waals surface area contributed by atoms with Crippen LogP contribution in [0.5, 0.6) is 0 Å². The van der Waals surface area contributed by atoms with Crippen LogP contribution in [0.3, 0.4) is 0 Å². The van der Waals surface area contributed by atoms with E-state index in [2.05, 4.69) is 39.4 Å². The minimum absolute atomic E-state index is 0.321. The average Bonchev–Trinajstić information content (AvgIpc) is 2.41. The molecule has 0 aliphatic carbocycles. The maximum atomic E-state index is 11.2. The monoisotopic (exact) mass is 352 g/mol. The molecule has 0 unspecified atom stereocenters. The SMILES string of the molecule is Cc1ccc(CNc2ccc(Cl)c(C(N)=O)c2)cc1Br. The summed E-state index contributed by atoms with van der Waals surface area (Å²) in [5.41, 5.74) is 8.72. The van der Waals surface area contributed by atoms with Crippen molar-refractivity contribution in [3.8, 4) is 0 Å². The lowest BCUT2D eigenvalue weighted by Crippen LogP contribution is -2.12. The third-order valence-electron chi connectivity index (χ3n) is 2.96. The molecule has 0 radical (unpaired) electrons. The Morgan fingerprint density at radius 3 is 2.70 bits per heavy atom. The number of carbonyl (C=O) groups is 1. The van der Waals surface area contributed by atoms with E-state index in [9.17, 15) is 4.79 Å². The normalized spacial score (nSPS) is 10.3. The van der Waals surface area contributed by atoms with E-state index < -0.39 is 5.91 Å². The predicted octanol–water partition coefficient (Wildman–Crippen LogP) is 4.12. The number of carbonyl (C=O) groups excluding carboxylic acids is 1. The van der Waals surface area contributed by atoms with Gasteiger partial charge >= 0.3 is 0 Å². The Hall–Kier alpha value is -1.52. The van der Waals surface area contributed by atoms with Crippen LogP contribution in [-0.2, 0) is 6.54 Å². The van der Waals surface area contributed by atoms with Crippen molar-refractivity contribution in [1.29, 1.82) is 0 Å². The molecule has 0 aliphatic heterocycles. The van der Waals surface area contributed by atoms with Crippen LogP contribution in [-0.4, -0.2) is 5.91 Å². The molecule has 0 heterocycles. The van der Waals surface area contributed by atoms with E-state index in [-0.39, 0.29) is 0 Å². The number of nitrogens with one attached hydrogen (secondary N) is 1. The largest absolute Gasteiger partial charge is 0.381 e. The predicted molar refractivity (Wildman–Crippen MR) is 86.2 cm³/mol. The Balaban J connectivity index is 2.12. The van der Waals surface area contributed by atoms with Crippen molar-refractivity contribution < 1.29 is 4.79 Å². The van der Waals surface area contributed by atoms with E-state index in [0.717, 1.165) is 15.7 Å². The highest BCUT2D eigenvalue weighted by Crippen LogP contribution is 2.22. The number of anilines is 1. The molecule has 0 saturated carbocycles. The van der Waals surface area contributed by atoms with Gasteiger partial charge in [0.15, 0.2) is 0 Å². The van der Waals surface area contributed by atoms with E-state index in [1.807, 2.05) is 13.0 Å². The van der Waals surface area contributed by atoms with E-state index in [1.165, 1.54) is 5.56 Å². The van der Waals surface area contributed by atoms with E-state index in [1.54, 1.807) is 12.1 Å². The lowest BCUT2D eigenvalue weighted by Gasteiger charge is -2.09. The molecule has 0 bridgehead atoms. The molecule has 2 aromatic rings. The number of rotatable bonds is 4. The van der Waals surface area contributed by atoms with Gasteiger partial charge < -0.3 is 11.1 Å². The van der Waals surface area contributed by atoms with E-state index in [0.29, 0.717) is 17.1 Å². The molecular formula is C15H14BrClN2O. The average molecular weight is 354 g/mol. The highest BCUT2D eigenvalue weighted by atomic mass is 79.9. The fourth-order valence-corrected chi connectivity index (χ4v) is 2.41. The molecule has 1 amide bonds. The molecule has 104 valence electrons. The van der Waals surface area contributed by atoms with Gasteiger partial charge in [-0.3, -0.25) is 4.79 Å². The Kier molecular flexibility index (Phi) is 4.68. The number of nitrogens with two attached hydrogens (primary N) is 1. The van der Waals surface area contributed by atoms with Crippen LogP contribution in [0.2, 0.25) is 5.02 Å². The smallest absolute Gasteiger partial charge is 0.250 e. The molecule has 20 heavy (non-hydrogen) atoms. The van der Waals surface area contributed by atoms with Gasteiger partial charge in [-0.15, -0.1) is 0 Å². The summed E-state index contributed by atoms with van der Waals surface area (Å²) in [7, 11) is 0. The first-order valence-corrected chi connectivity index (χ1v) is 7.22. The second-order valence-electron chi connectivity index (χ2n) is 4.50. The zero-order chi connectivity index (χ0) is 14.7. The van der Waals surface area contributed by atoms with Crippen LogP contribution in [0.1, 0.15) is 21.5 Å². The summed E-state index contributed by atoms with van der Waals surface area (Å²) in [5, 5.41) is 3.61. The van der Waals surface area contributed by atoms with E-state index >= 15 is 0 Å². The Labute approximate surface area is 131 Å². The van der Waals surface area contributed by atoms with Crippen molar-refractivity contribution in [2.45, 2.75) is 13.5 Å². The topological polar surface area (TPSA) is 55.1 Å². The summed E-state index contributed by atoms with van der Waals surface area (Å²) in [5.74, 6) is -0.531. The van der Waals surface area contributed by atoms with E-state index in [4.69, 9.17) is 17.3 Å². The van der Waals surface area contributed by atoms with Crippen LogP contribution in [0.4, 0.5) is 5.69 Å². The van der Waals surface area contributed by atoms with Gasteiger partial charge in [-0.2, -0.15) is 0 Å². The number of hydrogen-bond acceptors (Lipinski definition) is 2. The van der Waals surface area contributed by atoms with Crippen LogP contribution in [0.25, 0.3) is 0 Å². The number of amides is 1. The number of hydrogen-bond donors (Lipinski definition) is 2. The minimum Gasteiger partial charge on any atom is -0.381 e. The summed E-state index contributed by atoms with van der Waals surface area (Å²) in [4.78, 5) is 11.2. The fraction of sp³-hybridized carbons (Fsp3) is 0.133. The third kappa shape index (κ3) is 3.52. The molecular weight excluding hydrogens is 340 g/mol. The number of aryl methyl sites for hydroxylation is 1. The first kappa shape index (κ1) is 14.9. The lowest BCUT2D eigenvalue weighted by atomic mass is 10.1. The quantitative estimate of drug-likeness (QED) is 0.868. The second-order valence-corrected chi connectivity index (χ2v) is 5.76. The molecule has 3 N–H and O–H groups in total. The summed E-state index contributed by atoms with van der Waals surface area (Å²) in [6, 6.07) is 11.3. The van der Waals surface area contributed by atoms with Gasteiger partial charge in [-0.1, -0.05) is 39.7 Å². The standard InChI is InChI=1S/C15H14BrClN2O/c1-9-2-3-10(6-13(9)16)8-19-11-4-5-14(17)12(7-11)15(18)20/h2-7,19H,8H2,1H3,(H2,18,20). The molecule has 0 fully saturated rings. The van der Waals surface area contributed by atoms with Gasteiger partial charge in [0.25, 0.3) is 0 Å². The number of primary amides is 1. The zero-order valence-corrected chi connectivity index (χ0v) is 13.3. The second kappa shape index (κ2) is 6.29. The molecule has 2 rings (SSSR count). The number of halogens is 2. The fourth-order valence-electron chi connectivity index (χ4n) is 1.77. The van der Waals surface area contributed by atoms with Crippen molar-refractivity contribution in [1.82, 2.24) is 0 Å². The molecule has 0 aromatic heterocycles. The summed E-state index contributed by atoms with van der Waals surface area (Å²) < 4.78 is 1.07. The summed E-state index contributed by atoms with van der Waals surface area (Å²) in [6.07, 6.45) is 0. The first-order valence-electron chi connectivity index (χ1n) is 6.05. The van der Waals surface area contributed by atoms with Gasteiger partial charge in [0, 0.05) is 16.7 Å².